The topological polar surface area (TPSA) is 84.8 Å². The van der Waals surface area contributed by atoms with Gasteiger partial charge in [-0.3, -0.25) is 14.6 Å². The van der Waals surface area contributed by atoms with E-state index < -0.39 is 0 Å². The number of nitrogens with zero attached hydrogens (tertiary/aromatic N) is 3. The lowest BCUT2D eigenvalue weighted by atomic mass is 9.98. The molecular weight excluding hydrogens is 270 g/mol. The van der Waals surface area contributed by atoms with Crippen molar-refractivity contribution in [1.29, 1.82) is 0 Å². The molecule has 2 aromatic heterocycles. The van der Waals surface area contributed by atoms with Gasteiger partial charge in [-0.05, 0) is 18.9 Å². The second kappa shape index (κ2) is 5.69. The van der Waals surface area contributed by atoms with E-state index >= 15 is 0 Å². The summed E-state index contributed by atoms with van der Waals surface area (Å²) in [6, 6.07) is 3.74. The highest BCUT2D eigenvalue weighted by Gasteiger charge is 2.37. The summed E-state index contributed by atoms with van der Waals surface area (Å²) in [5.41, 5.74) is 1.92. The molecule has 1 aliphatic rings. The van der Waals surface area contributed by atoms with Crippen LogP contribution in [-0.2, 0) is 23.0 Å². The number of H-pyrrole nitrogens is 1. The molecule has 1 fully saturated rings. The van der Waals surface area contributed by atoms with Crippen molar-refractivity contribution in [2.75, 3.05) is 11.9 Å². The molecule has 0 spiro atoms. The van der Waals surface area contributed by atoms with Crippen molar-refractivity contribution in [2.24, 2.45) is 13.0 Å². The Bertz CT molecular complexity index is 633. The van der Waals surface area contributed by atoms with Gasteiger partial charge in [-0.15, -0.1) is 0 Å². The maximum absolute atomic E-state index is 12.5. The lowest BCUT2D eigenvalue weighted by Crippen LogP contribution is -2.26. The zero-order chi connectivity index (χ0) is 14.8. The quantitative estimate of drug-likeness (QED) is 0.891. The van der Waals surface area contributed by atoms with Gasteiger partial charge in [0, 0.05) is 31.6 Å². The Morgan fingerprint density at radius 1 is 1.62 bits per heavy atom. The molecule has 21 heavy (non-hydrogen) atoms. The lowest BCUT2D eigenvalue weighted by Gasteiger charge is -2.17. The minimum Gasteiger partial charge on any atom is -0.371 e. The van der Waals surface area contributed by atoms with E-state index in [0.29, 0.717) is 18.8 Å². The Morgan fingerprint density at radius 3 is 3.14 bits per heavy atom. The Morgan fingerprint density at radius 2 is 2.48 bits per heavy atom. The van der Waals surface area contributed by atoms with E-state index in [-0.39, 0.29) is 17.9 Å². The molecule has 3 rings (SSSR count). The van der Waals surface area contributed by atoms with Crippen molar-refractivity contribution in [2.45, 2.75) is 25.9 Å². The number of hydrogen-bond acceptors (Lipinski definition) is 4. The highest BCUT2D eigenvalue weighted by molar-refractivity contribution is 5.92. The van der Waals surface area contributed by atoms with Gasteiger partial charge in [-0.1, -0.05) is 6.92 Å². The Labute approximate surface area is 122 Å². The summed E-state index contributed by atoms with van der Waals surface area (Å²) in [5, 5.41) is 14.0. The van der Waals surface area contributed by atoms with E-state index in [4.69, 9.17) is 4.74 Å². The summed E-state index contributed by atoms with van der Waals surface area (Å²) < 4.78 is 7.48. The lowest BCUT2D eigenvalue weighted by molar-refractivity contribution is -0.121. The minimum atomic E-state index is -0.248. The van der Waals surface area contributed by atoms with Crippen LogP contribution in [0.3, 0.4) is 0 Å². The molecule has 7 nitrogen and oxygen atoms in total. The number of amides is 1. The largest absolute Gasteiger partial charge is 0.371 e. The van der Waals surface area contributed by atoms with Gasteiger partial charge in [-0.25, -0.2) is 0 Å². The smallest absolute Gasteiger partial charge is 0.231 e. The number of ether oxygens (including phenoxy) is 1. The third-order valence-electron chi connectivity index (χ3n) is 3.84. The van der Waals surface area contributed by atoms with Crippen LogP contribution in [0, 0.1) is 5.92 Å². The Hall–Kier alpha value is -2.15. The van der Waals surface area contributed by atoms with Crippen molar-refractivity contribution < 1.29 is 9.53 Å². The van der Waals surface area contributed by atoms with Crippen LogP contribution >= 0.6 is 0 Å². The second-order valence-electron chi connectivity index (χ2n) is 5.19. The molecule has 2 N–H and O–H groups in total. The summed E-state index contributed by atoms with van der Waals surface area (Å²) in [4.78, 5) is 12.5. The first-order valence-electron chi connectivity index (χ1n) is 7.13. The maximum Gasteiger partial charge on any atom is 0.231 e. The molecule has 3 heterocycles. The molecular formula is C14H19N5O2. The molecule has 0 aliphatic carbocycles. The van der Waals surface area contributed by atoms with Gasteiger partial charge < -0.3 is 10.1 Å². The molecule has 1 saturated heterocycles. The van der Waals surface area contributed by atoms with Crippen LogP contribution in [-0.4, -0.2) is 32.5 Å². The number of nitrogens with one attached hydrogen (secondary N) is 2. The van der Waals surface area contributed by atoms with Crippen molar-refractivity contribution in [3.05, 3.63) is 29.7 Å². The summed E-state index contributed by atoms with van der Waals surface area (Å²) in [5.74, 6) is 0.280. The van der Waals surface area contributed by atoms with Crippen LogP contribution in [0.2, 0.25) is 0 Å². The van der Waals surface area contributed by atoms with Gasteiger partial charge >= 0.3 is 0 Å². The average Bonchev–Trinajstić information content (AvgIpc) is 3.17. The molecule has 0 bridgehead atoms. The number of carbonyl (C=O) groups is 1. The van der Waals surface area contributed by atoms with Crippen molar-refractivity contribution in [3.63, 3.8) is 0 Å². The van der Waals surface area contributed by atoms with Crippen LogP contribution < -0.4 is 5.32 Å². The highest BCUT2D eigenvalue weighted by Crippen LogP contribution is 2.34. The zero-order valence-corrected chi connectivity index (χ0v) is 12.2. The molecule has 2 aromatic rings. The highest BCUT2D eigenvalue weighted by atomic mass is 16.5. The van der Waals surface area contributed by atoms with Gasteiger partial charge in [0.2, 0.25) is 5.91 Å². The normalized spacial score (nSPS) is 21.6. The van der Waals surface area contributed by atoms with E-state index in [9.17, 15) is 4.79 Å². The van der Waals surface area contributed by atoms with E-state index in [1.54, 1.807) is 10.9 Å². The van der Waals surface area contributed by atoms with Gasteiger partial charge in [-0.2, -0.15) is 10.2 Å². The van der Waals surface area contributed by atoms with E-state index in [0.717, 1.165) is 17.8 Å². The summed E-state index contributed by atoms with van der Waals surface area (Å²) in [7, 11) is 1.85. The number of aromatic nitrogens is 4. The third kappa shape index (κ3) is 2.69. The molecule has 2 atom stereocenters. The third-order valence-corrected chi connectivity index (χ3v) is 3.84. The number of aryl methyl sites for hydroxylation is 2. The van der Waals surface area contributed by atoms with Crippen molar-refractivity contribution >= 4 is 11.7 Å². The number of rotatable bonds is 4. The summed E-state index contributed by atoms with van der Waals surface area (Å²) >= 11 is 0. The number of hydrogen-bond donors (Lipinski definition) is 2. The van der Waals surface area contributed by atoms with Crippen LogP contribution in [0.25, 0.3) is 0 Å². The van der Waals surface area contributed by atoms with Gasteiger partial charge in [0.25, 0.3) is 0 Å². The number of anilines is 1. The van der Waals surface area contributed by atoms with Crippen molar-refractivity contribution in [3.8, 4) is 0 Å². The predicted octanol–water partition coefficient (Wildman–Crippen LogP) is 1.42. The first-order chi connectivity index (χ1) is 10.2. The molecule has 0 saturated carbocycles. The summed E-state index contributed by atoms with van der Waals surface area (Å²) in [6.45, 7) is 2.61. The summed E-state index contributed by atoms with van der Waals surface area (Å²) in [6.07, 6.45) is 3.02. The monoisotopic (exact) mass is 289 g/mol. The molecule has 0 radical (unpaired) electrons. The Balaban J connectivity index is 1.73. The van der Waals surface area contributed by atoms with Crippen LogP contribution in [0.1, 0.15) is 30.8 Å². The fraction of sp³-hybridized carbons (Fsp3) is 0.500. The zero-order valence-electron chi connectivity index (χ0n) is 12.2. The van der Waals surface area contributed by atoms with Gasteiger partial charge in [0.05, 0.1) is 11.6 Å². The fourth-order valence-electron chi connectivity index (χ4n) is 2.64. The fourth-order valence-corrected chi connectivity index (χ4v) is 2.64. The average molecular weight is 289 g/mol. The Kier molecular flexibility index (Phi) is 3.74. The van der Waals surface area contributed by atoms with Gasteiger partial charge in [0.1, 0.15) is 6.10 Å². The molecule has 1 amide bonds. The molecule has 0 unspecified atom stereocenters. The molecule has 7 heteroatoms. The molecule has 1 aliphatic heterocycles. The first kappa shape index (κ1) is 13.8. The predicted molar refractivity (Wildman–Crippen MR) is 76.6 cm³/mol. The van der Waals surface area contributed by atoms with E-state index in [1.807, 2.05) is 26.1 Å². The second-order valence-corrected chi connectivity index (χ2v) is 5.19. The number of carbonyl (C=O) groups excluding carboxylic acids is 1. The van der Waals surface area contributed by atoms with Crippen LogP contribution in [0.15, 0.2) is 18.3 Å². The van der Waals surface area contributed by atoms with Gasteiger partial charge in [0.15, 0.2) is 5.82 Å². The minimum absolute atomic E-state index is 0.0622. The van der Waals surface area contributed by atoms with Crippen LogP contribution in [0.4, 0.5) is 5.82 Å². The maximum atomic E-state index is 12.5. The van der Waals surface area contributed by atoms with Crippen molar-refractivity contribution in [1.82, 2.24) is 20.0 Å². The van der Waals surface area contributed by atoms with E-state index in [2.05, 4.69) is 20.6 Å². The SMILES string of the molecule is CCc1cc(NC(=O)[C@@H]2CCO[C@H]2c2ccnn2C)n[nH]1. The van der Waals surface area contributed by atoms with Crippen LogP contribution in [0.5, 0.6) is 0 Å². The standard InChI is InChI=1S/C14H19N5O2/c1-3-9-8-12(18-17-9)16-14(20)10-5-7-21-13(10)11-4-6-15-19(11)2/h4,6,8,10,13H,3,5,7H2,1-2H3,(H2,16,17,18,20)/t10-,13-/m1/s1. The van der Waals surface area contributed by atoms with E-state index in [1.165, 1.54) is 0 Å². The number of aromatic amines is 1. The molecule has 112 valence electrons. The first-order valence-corrected chi connectivity index (χ1v) is 7.13. The molecule has 0 aromatic carbocycles.